The van der Waals surface area contributed by atoms with Crippen LogP contribution in [0.25, 0.3) is 5.57 Å². The Hall–Kier alpha value is -3.76. The minimum Gasteiger partial charge on any atom is -0.235 e. The van der Waals surface area contributed by atoms with E-state index in [9.17, 15) is 13.7 Å². The van der Waals surface area contributed by atoms with Crippen molar-refractivity contribution in [2.45, 2.75) is 30.8 Å². The number of sulfonamides is 1. The van der Waals surface area contributed by atoms with Gasteiger partial charge in [-0.1, -0.05) is 96.0 Å². The van der Waals surface area contributed by atoms with Crippen LogP contribution >= 0.6 is 11.6 Å². The zero-order valence-corrected chi connectivity index (χ0v) is 21.9. The SMILES string of the molecule is Cc1ccc(S(=O)(=O)N2[C@@H](c3ccccc3)C(c3cc(C)c(C#N)c(Cl)n3)=C[C@H]2c2ccccc2)cc1. The summed E-state index contributed by atoms with van der Waals surface area (Å²) in [5.74, 6) is 0. The number of hydrogen-bond acceptors (Lipinski definition) is 4. The maximum atomic E-state index is 14.3. The molecule has 0 bridgehead atoms. The summed E-state index contributed by atoms with van der Waals surface area (Å²) in [6.45, 7) is 3.73. The summed E-state index contributed by atoms with van der Waals surface area (Å²) in [5, 5.41) is 9.59. The number of aryl methyl sites for hydroxylation is 2. The van der Waals surface area contributed by atoms with Gasteiger partial charge in [0.1, 0.15) is 11.2 Å². The highest BCUT2D eigenvalue weighted by molar-refractivity contribution is 7.89. The second-order valence-electron chi connectivity index (χ2n) is 9.04. The Bertz CT molecular complexity index is 1610. The van der Waals surface area contributed by atoms with Gasteiger partial charge >= 0.3 is 0 Å². The number of hydrogen-bond donors (Lipinski definition) is 0. The van der Waals surface area contributed by atoms with Gasteiger partial charge in [-0.05, 0) is 54.3 Å². The van der Waals surface area contributed by atoms with Gasteiger partial charge in [0.05, 0.1) is 28.2 Å². The molecule has 0 aliphatic carbocycles. The molecule has 0 N–H and O–H groups in total. The van der Waals surface area contributed by atoms with Gasteiger partial charge in [0.25, 0.3) is 0 Å². The van der Waals surface area contributed by atoms with E-state index in [1.165, 1.54) is 0 Å². The largest absolute Gasteiger partial charge is 0.244 e. The second kappa shape index (κ2) is 9.95. The van der Waals surface area contributed by atoms with Crippen molar-refractivity contribution in [1.29, 1.82) is 5.26 Å². The zero-order valence-electron chi connectivity index (χ0n) is 20.3. The molecule has 2 heterocycles. The predicted molar refractivity (Wildman–Crippen MR) is 145 cm³/mol. The lowest BCUT2D eigenvalue weighted by Gasteiger charge is -2.31. The van der Waals surface area contributed by atoms with Gasteiger partial charge in [0, 0.05) is 0 Å². The maximum Gasteiger partial charge on any atom is 0.244 e. The summed E-state index contributed by atoms with van der Waals surface area (Å²) in [6.07, 6.45) is 1.95. The molecule has 0 unspecified atom stereocenters. The maximum absolute atomic E-state index is 14.3. The first-order chi connectivity index (χ1) is 17.8. The molecule has 37 heavy (non-hydrogen) atoms. The number of nitrogens with zero attached hydrogens (tertiary/aromatic N) is 3. The fraction of sp³-hybridized carbons (Fsp3) is 0.133. The minimum atomic E-state index is -3.96. The molecule has 0 radical (unpaired) electrons. The van der Waals surface area contributed by atoms with E-state index in [1.807, 2.05) is 73.7 Å². The molecule has 184 valence electrons. The van der Waals surface area contributed by atoms with E-state index >= 15 is 0 Å². The number of halogens is 1. The van der Waals surface area contributed by atoms with E-state index in [4.69, 9.17) is 11.6 Å². The van der Waals surface area contributed by atoms with Crippen LogP contribution in [0.15, 0.2) is 102 Å². The molecule has 1 aliphatic rings. The van der Waals surface area contributed by atoms with Crippen molar-refractivity contribution >= 4 is 27.2 Å². The highest BCUT2D eigenvalue weighted by Crippen LogP contribution is 2.50. The molecule has 5 rings (SSSR count). The third-order valence-electron chi connectivity index (χ3n) is 6.59. The number of nitriles is 1. The van der Waals surface area contributed by atoms with Crippen molar-refractivity contribution in [2.75, 3.05) is 0 Å². The normalized spacial score (nSPS) is 17.8. The second-order valence-corrected chi connectivity index (χ2v) is 11.2. The molecule has 0 amide bonds. The average Bonchev–Trinajstić information content (AvgIpc) is 3.32. The Labute approximate surface area is 222 Å². The standard InChI is InChI=1S/C30H24ClN3O2S/c1-20-13-15-24(16-14-20)37(35,36)34-28(22-9-5-3-6-10-22)18-25(29(34)23-11-7-4-8-12-23)27-17-21(2)26(19-32)30(31)33-27/h3-18,28-29H,1-2H3/t28-,29-/m0/s1. The minimum absolute atomic E-state index is 0.0984. The topological polar surface area (TPSA) is 74.1 Å². The molecule has 3 aromatic carbocycles. The summed E-state index contributed by atoms with van der Waals surface area (Å²) in [5.41, 5.74) is 4.87. The lowest BCUT2D eigenvalue weighted by atomic mass is 9.96. The van der Waals surface area contributed by atoms with Crippen molar-refractivity contribution in [3.8, 4) is 6.07 Å². The summed E-state index contributed by atoms with van der Waals surface area (Å²) < 4.78 is 30.2. The van der Waals surface area contributed by atoms with Gasteiger partial charge in [0.2, 0.25) is 10.0 Å². The molecule has 1 aromatic heterocycles. The third-order valence-corrected chi connectivity index (χ3v) is 8.73. The number of aromatic nitrogens is 1. The Morgan fingerprint density at radius 1 is 0.892 bits per heavy atom. The van der Waals surface area contributed by atoms with Gasteiger partial charge in [0.15, 0.2) is 0 Å². The van der Waals surface area contributed by atoms with Crippen molar-refractivity contribution in [3.05, 3.63) is 136 Å². The monoisotopic (exact) mass is 525 g/mol. The lowest BCUT2D eigenvalue weighted by Crippen LogP contribution is -2.34. The van der Waals surface area contributed by atoms with Crippen LogP contribution in [0, 0.1) is 25.2 Å². The number of rotatable bonds is 5. The summed E-state index contributed by atoms with van der Waals surface area (Å²) >= 11 is 6.40. The van der Waals surface area contributed by atoms with Crippen molar-refractivity contribution < 1.29 is 8.42 Å². The van der Waals surface area contributed by atoms with Gasteiger partial charge in [-0.25, -0.2) is 13.4 Å². The molecule has 1 aliphatic heterocycles. The molecule has 0 saturated heterocycles. The quantitative estimate of drug-likeness (QED) is 0.269. The van der Waals surface area contributed by atoms with E-state index in [0.717, 1.165) is 16.7 Å². The van der Waals surface area contributed by atoms with Crippen LogP contribution in [0.1, 0.15) is 45.6 Å². The van der Waals surface area contributed by atoms with Gasteiger partial charge in [-0.15, -0.1) is 0 Å². The zero-order chi connectivity index (χ0) is 26.2. The summed E-state index contributed by atoms with van der Waals surface area (Å²) in [7, 11) is -3.96. The Morgan fingerprint density at radius 2 is 1.49 bits per heavy atom. The summed E-state index contributed by atoms with van der Waals surface area (Å²) in [6, 6.07) is 28.6. The average molecular weight is 526 g/mol. The molecular formula is C30H24ClN3O2S. The predicted octanol–water partition coefficient (Wildman–Crippen LogP) is 6.79. The molecule has 5 nitrogen and oxygen atoms in total. The highest BCUT2D eigenvalue weighted by Gasteiger charge is 2.45. The molecule has 0 spiro atoms. The Morgan fingerprint density at radius 3 is 2.05 bits per heavy atom. The highest BCUT2D eigenvalue weighted by atomic mass is 35.5. The molecule has 4 aromatic rings. The number of pyridine rings is 1. The van der Waals surface area contributed by atoms with Crippen LogP contribution in [0.5, 0.6) is 0 Å². The van der Waals surface area contributed by atoms with Crippen LogP contribution in [0.2, 0.25) is 5.15 Å². The van der Waals surface area contributed by atoms with Crippen molar-refractivity contribution in [2.24, 2.45) is 0 Å². The first-order valence-electron chi connectivity index (χ1n) is 11.8. The van der Waals surface area contributed by atoms with E-state index in [2.05, 4.69) is 11.1 Å². The smallest absolute Gasteiger partial charge is 0.235 e. The molecule has 0 saturated carbocycles. The fourth-order valence-corrected chi connectivity index (χ4v) is 6.75. The molecule has 7 heteroatoms. The molecular weight excluding hydrogens is 502 g/mol. The number of benzene rings is 3. The van der Waals surface area contributed by atoms with Gasteiger partial charge in [-0.3, -0.25) is 0 Å². The van der Waals surface area contributed by atoms with E-state index in [-0.39, 0.29) is 10.0 Å². The summed E-state index contributed by atoms with van der Waals surface area (Å²) in [4.78, 5) is 4.76. The Kier molecular flexibility index (Phi) is 6.70. The van der Waals surface area contributed by atoms with Gasteiger partial charge < -0.3 is 0 Å². The van der Waals surface area contributed by atoms with Crippen molar-refractivity contribution in [3.63, 3.8) is 0 Å². The van der Waals surface area contributed by atoms with Gasteiger partial charge in [-0.2, -0.15) is 9.57 Å². The first kappa shape index (κ1) is 24.9. The van der Waals surface area contributed by atoms with Crippen LogP contribution in [0.3, 0.4) is 0 Å². The first-order valence-corrected chi connectivity index (χ1v) is 13.6. The fourth-order valence-electron chi connectivity index (χ4n) is 4.75. The van der Waals surface area contributed by atoms with E-state index in [1.54, 1.807) is 41.6 Å². The Balaban J connectivity index is 1.78. The molecule has 0 fully saturated rings. The lowest BCUT2D eigenvalue weighted by molar-refractivity contribution is 0.353. The van der Waals surface area contributed by atoms with Crippen LogP contribution in [-0.4, -0.2) is 17.7 Å². The van der Waals surface area contributed by atoms with Crippen LogP contribution < -0.4 is 0 Å². The molecule has 2 atom stereocenters. The van der Waals surface area contributed by atoms with Crippen LogP contribution in [-0.2, 0) is 10.0 Å². The van der Waals surface area contributed by atoms with Crippen molar-refractivity contribution in [1.82, 2.24) is 9.29 Å². The van der Waals surface area contributed by atoms with Crippen LogP contribution in [0.4, 0.5) is 0 Å². The van der Waals surface area contributed by atoms with E-state index < -0.39 is 22.1 Å². The third kappa shape index (κ3) is 4.58. The van der Waals surface area contributed by atoms with E-state index in [0.29, 0.717) is 22.4 Å².